The highest BCUT2D eigenvalue weighted by Gasteiger charge is 2.07. The molecule has 0 spiro atoms. The van der Waals surface area contributed by atoms with Crippen molar-refractivity contribution in [1.29, 1.82) is 0 Å². The van der Waals surface area contributed by atoms with Crippen LogP contribution in [-0.4, -0.2) is 40.3 Å². The van der Waals surface area contributed by atoms with E-state index in [1.165, 1.54) is 16.7 Å². The highest BCUT2D eigenvalue weighted by Crippen LogP contribution is 2.27. The van der Waals surface area contributed by atoms with E-state index >= 15 is 0 Å². The van der Waals surface area contributed by atoms with Crippen molar-refractivity contribution >= 4 is 29.9 Å². The molecule has 2 aromatic rings. The molecule has 0 aliphatic carbocycles. The van der Waals surface area contributed by atoms with Gasteiger partial charge in [0.25, 0.3) is 0 Å². The summed E-state index contributed by atoms with van der Waals surface area (Å²) in [7, 11) is 5.09. The number of rotatable bonds is 8. The topological polar surface area (TPSA) is 54.9 Å². The van der Waals surface area contributed by atoms with Crippen LogP contribution in [0.1, 0.15) is 29.5 Å². The molecule has 0 radical (unpaired) electrons. The number of aliphatic imine (C=N–C) groups is 1. The number of aryl methyl sites for hydroxylation is 1. The minimum Gasteiger partial charge on any atom is -0.493 e. The second-order valence-electron chi connectivity index (χ2n) is 6.63. The summed E-state index contributed by atoms with van der Waals surface area (Å²) in [5, 5.41) is 6.77. The van der Waals surface area contributed by atoms with Crippen LogP contribution in [0, 0.1) is 6.92 Å². The SMILES string of the molecule is CN=C(NCCc1ccc(OC)c(OC)c1)NCC(C)c1ccc(C)cc1.I. The van der Waals surface area contributed by atoms with Gasteiger partial charge in [-0.1, -0.05) is 42.8 Å². The monoisotopic (exact) mass is 497 g/mol. The molecule has 0 bridgehead atoms. The van der Waals surface area contributed by atoms with E-state index in [4.69, 9.17) is 9.47 Å². The van der Waals surface area contributed by atoms with Crippen molar-refractivity contribution in [2.75, 3.05) is 34.4 Å². The summed E-state index contributed by atoms with van der Waals surface area (Å²) in [6, 6.07) is 14.7. The Hall–Kier alpha value is -1.96. The summed E-state index contributed by atoms with van der Waals surface area (Å²) in [5.74, 6) is 2.73. The molecule has 5 nitrogen and oxygen atoms in total. The van der Waals surface area contributed by atoms with Crippen LogP contribution in [0.5, 0.6) is 11.5 Å². The zero-order chi connectivity index (χ0) is 19.6. The predicted octanol–water partition coefficient (Wildman–Crippen LogP) is 4.14. The zero-order valence-corrected chi connectivity index (χ0v) is 19.7. The Bertz CT molecular complexity index is 748. The van der Waals surface area contributed by atoms with Gasteiger partial charge in [0.2, 0.25) is 0 Å². The third kappa shape index (κ3) is 7.22. The third-order valence-electron chi connectivity index (χ3n) is 4.60. The summed E-state index contributed by atoms with van der Waals surface area (Å²) in [5.41, 5.74) is 3.80. The van der Waals surface area contributed by atoms with Crippen molar-refractivity contribution < 1.29 is 9.47 Å². The van der Waals surface area contributed by atoms with Crippen LogP contribution in [0.2, 0.25) is 0 Å². The van der Waals surface area contributed by atoms with E-state index in [0.29, 0.717) is 5.92 Å². The van der Waals surface area contributed by atoms with E-state index in [2.05, 4.69) is 59.8 Å². The maximum atomic E-state index is 5.36. The normalized spacial score (nSPS) is 12.0. The first-order valence-electron chi connectivity index (χ1n) is 9.29. The molecule has 0 amide bonds. The zero-order valence-electron chi connectivity index (χ0n) is 17.4. The molecule has 2 rings (SSSR count). The lowest BCUT2D eigenvalue weighted by atomic mass is 10.0. The summed E-state index contributed by atoms with van der Waals surface area (Å²) in [4.78, 5) is 4.31. The number of guanidine groups is 1. The fraction of sp³-hybridized carbons (Fsp3) is 0.409. The smallest absolute Gasteiger partial charge is 0.191 e. The number of halogens is 1. The van der Waals surface area contributed by atoms with Gasteiger partial charge in [-0.15, -0.1) is 24.0 Å². The molecule has 0 aromatic heterocycles. The lowest BCUT2D eigenvalue weighted by Gasteiger charge is -2.17. The number of hydrogen-bond acceptors (Lipinski definition) is 3. The number of methoxy groups -OCH3 is 2. The first-order valence-corrected chi connectivity index (χ1v) is 9.29. The van der Waals surface area contributed by atoms with Gasteiger partial charge in [0.15, 0.2) is 17.5 Å². The van der Waals surface area contributed by atoms with Crippen LogP contribution in [-0.2, 0) is 6.42 Å². The average molecular weight is 497 g/mol. The standard InChI is InChI=1S/C22H31N3O2.HI/c1-16-6-9-19(10-7-16)17(2)15-25-22(23-3)24-13-12-18-8-11-20(26-4)21(14-18)27-5;/h6-11,14,17H,12-13,15H2,1-5H3,(H2,23,24,25);1H. The predicted molar refractivity (Wildman–Crippen MR) is 128 cm³/mol. The first kappa shape index (κ1) is 24.1. The van der Waals surface area contributed by atoms with E-state index in [1.807, 2.05) is 12.1 Å². The van der Waals surface area contributed by atoms with Crippen LogP contribution < -0.4 is 20.1 Å². The highest BCUT2D eigenvalue weighted by molar-refractivity contribution is 14.0. The average Bonchev–Trinajstić information content (AvgIpc) is 2.70. The van der Waals surface area contributed by atoms with Gasteiger partial charge in [-0.3, -0.25) is 4.99 Å². The molecule has 1 unspecified atom stereocenters. The number of nitrogens with one attached hydrogen (secondary N) is 2. The molecule has 2 N–H and O–H groups in total. The quantitative estimate of drug-likeness (QED) is 0.327. The van der Waals surface area contributed by atoms with Crippen LogP contribution in [0.25, 0.3) is 0 Å². The van der Waals surface area contributed by atoms with Gasteiger partial charge in [0.05, 0.1) is 14.2 Å². The molecule has 28 heavy (non-hydrogen) atoms. The fourth-order valence-corrected chi connectivity index (χ4v) is 2.84. The van der Waals surface area contributed by atoms with Gasteiger partial charge in [0, 0.05) is 20.1 Å². The Morgan fingerprint density at radius 3 is 2.29 bits per heavy atom. The maximum absolute atomic E-state index is 5.36. The fourth-order valence-electron chi connectivity index (χ4n) is 2.84. The highest BCUT2D eigenvalue weighted by atomic mass is 127. The van der Waals surface area contributed by atoms with Crippen molar-refractivity contribution in [3.8, 4) is 11.5 Å². The van der Waals surface area contributed by atoms with Gasteiger partial charge in [-0.05, 0) is 42.5 Å². The van der Waals surface area contributed by atoms with Gasteiger partial charge < -0.3 is 20.1 Å². The molecule has 2 aromatic carbocycles. The molecule has 0 saturated heterocycles. The Labute approximate surface area is 186 Å². The molecule has 0 aliphatic rings. The van der Waals surface area contributed by atoms with Crippen molar-refractivity contribution in [2.45, 2.75) is 26.2 Å². The molecule has 0 saturated carbocycles. The van der Waals surface area contributed by atoms with E-state index in [-0.39, 0.29) is 24.0 Å². The van der Waals surface area contributed by atoms with Crippen LogP contribution >= 0.6 is 24.0 Å². The lowest BCUT2D eigenvalue weighted by molar-refractivity contribution is 0.354. The van der Waals surface area contributed by atoms with Crippen LogP contribution in [0.3, 0.4) is 0 Å². The van der Waals surface area contributed by atoms with Crippen LogP contribution in [0.4, 0.5) is 0 Å². The Morgan fingerprint density at radius 1 is 1.00 bits per heavy atom. The molecule has 0 fully saturated rings. The Kier molecular flexibility index (Phi) is 10.7. The molecule has 1 atom stereocenters. The molecular weight excluding hydrogens is 465 g/mol. The van der Waals surface area contributed by atoms with Crippen molar-refractivity contribution in [3.05, 3.63) is 59.2 Å². The summed E-state index contributed by atoms with van der Waals surface area (Å²) < 4.78 is 10.6. The second kappa shape index (κ2) is 12.5. The minimum atomic E-state index is 0. The van der Waals surface area contributed by atoms with E-state index < -0.39 is 0 Å². The van der Waals surface area contributed by atoms with Gasteiger partial charge in [-0.25, -0.2) is 0 Å². The van der Waals surface area contributed by atoms with Crippen molar-refractivity contribution in [3.63, 3.8) is 0 Å². The molecule has 0 aliphatic heterocycles. The first-order chi connectivity index (χ1) is 13.1. The largest absolute Gasteiger partial charge is 0.493 e. The third-order valence-corrected chi connectivity index (χ3v) is 4.60. The van der Waals surface area contributed by atoms with E-state index in [0.717, 1.165) is 37.0 Å². The Balaban J connectivity index is 0.00000392. The molecule has 0 heterocycles. The molecule has 154 valence electrons. The Morgan fingerprint density at radius 2 is 1.68 bits per heavy atom. The summed E-state index contributed by atoms with van der Waals surface area (Å²) >= 11 is 0. The lowest BCUT2D eigenvalue weighted by Crippen LogP contribution is -2.39. The van der Waals surface area contributed by atoms with Gasteiger partial charge in [-0.2, -0.15) is 0 Å². The van der Waals surface area contributed by atoms with Gasteiger partial charge >= 0.3 is 0 Å². The number of ether oxygens (including phenoxy) is 2. The summed E-state index contributed by atoms with van der Waals surface area (Å²) in [6.07, 6.45) is 0.870. The summed E-state index contributed by atoms with van der Waals surface area (Å²) in [6.45, 7) is 5.94. The number of hydrogen-bond donors (Lipinski definition) is 2. The van der Waals surface area contributed by atoms with E-state index in [9.17, 15) is 0 Å². The second-order valence-corrected chi connectivity index (χ2v) is 6.63. The number of nitrogens with zero attached hydrogens (tertiary/aromatic N) is 1. The maximum Gasteiger partial charge on any atom is 0.191 e. The minimum absolute atomic E-state index is 0. The number of benzene rings is 2. The van der Waals surface area contributed by atoms with Crippen molar-refractivity contribution in [2.24, 2.45) is 4.99 Å². The van der Waals surface area contributed by atoms with Crippen molar-refractivity contribution in [1.82, 2.24) is 10.6 Å². The molecular formula is C22H32IN3O2. The van der Waals surface area contributed by atoms with Crippen LogP contribution in [0.15, 0.2) is 47.5 Å². The van der Waals surface area contributed by atoms with E-state index in [1.54, 1.807) is 21.3 Å². The van der Waals surface area contributed by atoms with Gasteiger partial charge in [0.1, 0.15) is 0 Å². The molecule has 6 heteroatoms.